The van der Waals surface area contributed by atoms with Crippen molar-refractivity contribution in [3.05, 3.63) is 24.3 Å². The Hall–Kier alpha value is -1.21. The van der Waals surface area contributed by atoms with Crippen LogP contribution < -0.4 is 5.32 Å². The van der Waals surface area contributed by atoms with E-state index >= 15 is 0 Å². The fourth-order valence-corrected chi connectivity index (χ4v) is 7.55. The van der Waals surface area contributed by atoms with Crippen molar-refractivity contribution in [1.82, 2.24) is 5.32 Å². The van der Waals surface area contributed by atoms with Crippen molar-refractivity contribution >= 4 is 5.91 Å². The van der Waals surface area contributed by atoms with Crippen molar-refractivity contribution in [2.24, 2.45) is 0 Å². The van der Waals surface area contributed by atoms with Crippen LogP contribution in [0.2, 0.25) is 0 Å². The molecule has 0 aromatic heterocycles. The highest BCUT2D eigenvalue weighted by Crippen LogP contribution is 2.17. The lowest BCUT2D eigenvalue weighted by molar-refractivity contribution is -0.132. The predicted octanol–water partition coefficient (Wildman–Crippen LogP) is 13.1. The molecule has 0 fully saturated rings. The standard InChI is InChI=1S/C49H95NO5/c1-3-5-7-9-11-13-15-16-17-18-19-20-21-22-23-24-25-26-27-28-29-30-31-33-35-37-39-41-43-47(53)49(55)50-45(44-51)48(54)46(52)42-40-38-36-34-32-14-12-10-8-6-4-2/h19-20,22-23,45-48,51-54H,3-18,21,24-44H2,1-2H3,(H,50,55)/b20-19-,23-22-. The molecule has 6 nitrogen and oxygen atoms in total. The van der Waals surface area contributed by atoms with E-state index in [0.29, 0.717) is 12.8 Å². The van der Waals surface area contributed by atoms with Crippen molar-refractivity contribution < 1.29 is 25.2 Å². The topological polar surface area (TPSA) is 110 Å². The van der Waals surface area contributed by atoms with Crippen LogP contribution in [-0.2, 0) is 4.79 Å². The molecule has 0 bridgehead atoms. The summed E-state index contributed by atoms with van der Waals surface area (Å²) in [7, 11) is 0. The number of rotatable bonds is 44. The summed E-state index contributed by atoms with van der Waals surface area (Å²) in [5.74, 6) is -0.584. The monoisotopic (exact) mass is 778 g/mol. The van der Waals surface area contributed by atoms with Crippen LogP contribution in [0.25, 0.3) is 0 Å². The summed E-state index contributed by atoms with van der Waals surface area (Å²) < 4.78 is 0. The minimum Gasteiger partial charge on any atom is -0.394 e. The number of amides is 1. The Morgan fingerprint density at radius 1 is 0.455 bits per heavy atom. The van der Waals surface area contributed by atoms with Gasteiger partial charge in [-0.2, -0.15) is 0 Å². The molecule has 55 heavy (non-hydrogen) atoms. The molecule has 0 aliphatic heterocycles. The molecule has 5 N–H and O–H groups in total. The minimum atomic E-state index is -1.26. The Morgan fingerprint density at radius 3 is 1.15 bits per heavy atom. The maximum absolute atomic E-state index is 12.5. The highest BCUT2D eigenvalue weighted by Gasteiger charge is 2.28. The zero-order valence-electron chi connectivity index (χ0n) is 36.7. The van der Waals surface area contributed by atoms with Crippen molar-refractivity contribution in [1.29, 1.82) is 0 Å². The second-order valence-corrected chi connectivity index (χ2v) is 16.8. The molecule has 0 rings (SSSR count). The third-order valence-electron chi connectivity index (χ3n) is 11.4. The molecule has 4 unspecified atom stereocenters. The molecule has 326 valence electrons. The zero-order chi connectivity index (χ0) is 40.3. The van der Waals surface area contributed by atoms with Gasteiger partial charge in [0.25, 0.3) is 0 Å². The fourth-order valence-electron chi connectivity index (χ4n) is 7.55. The molecule has 0 radical (unpaired) electrons. The van der Waals surface area contributed by atoms with Crippen LogP contribution in [-0.4, -0.2) is 57.3 Å². The Bertz CT molecular complexity index is 832. The summed E-state index contributed by atoms with van der Waals surface area (Å²) in [5.41, 5.74) is 0. The molecule has 0 aromatic rings. The Labute approximate surface area is 342 Å². The van der Waals surface area contributed by atoms with Crippen LogP contribution in [0.1, 0.15) is 251 Å². The van der Waals surface area contributed by atoms with Gasteiger partial charge in [-0.15, -0.1) is 0 Å². The van der Waals surface area contributed by atoms with Crippen LogP contribution >= 0.6 is 0 Å². The summed E-state index contributed by atoms with van der Waals surface area (Å²) in [6.07, 6.45) is 50.9. The van der Waals surface area contributed by atoms with E-state index in [0.717, 1.165) is 44.9 Å². The van der Waals surface area contributed by atoms with Gasteiger partial charge in [0.05, 0.1) is 18.8 Å². The van der Waals surface area contributed by atoms with E-state index in [4.69, 9.17) is 0 Å². The number of allylic oxidation sites excluding steroid dienone is 4. The normalized spacial score (nSPS) is 14.2. The molecule has 4 atom stereocenters. The second kappa shape index (κ2) is 43.9. The number of nitrogens with one attached hydrogen (secondary N) is 1. The summed E-state index contributed by atoms with van der Waals surface area (Å²) in [5, 5.41) is 43.7. The van der Waals surface area contributed by atoms with Gasteiger partial charge in [0.15, 0.2) is 0 Å². The fraction of sp³-hybridized carbons (Fsp3) is 0.898. The van der Waals surface area contributed by atoms with Gasteiger partial charge < -0.3 is 25.7 Å². The molecule has 0 spiro atoms. The molecule has 0 saturated heterocycles. The maximum Gasteiger partial charge on any atom is 0.249 e. The quantitative estimate of drug-likeness (QED) is 0.0313. The second-order valence-electron chi connectivity index (χ2n) is 16.8. The number of unbranched alkanes of at least 4 members (excludes halogenated alkanes) is 31. The number of aliphatic hydroxyl groups is 4. The first-order chi connectivity index (χ1) is 27.0. The summed E-state index contributed by atoms with van der Waals surface area (Å²) in [4.78, 5) is 12.5. The molecule has 1 amide bonds. The van der Waals surface area contributed by atoms with E-state index < -0.39 is 36.9 Å². The van der Waals surface area contributed by atoms with E-state index in [-0.39, 0.29) is 0 Å². The number of carbonyl (C=O) groups is 1. The van der Waals surface area contributed by atoms with Crippen LogP contribution in [0.3, 0.4) is 0 Å². The Morgan fingerprint density at radius 2 is 0.782 bits per heavy atom. The molecule has 0 aliphatic rings. The molecular formula is C49H95NO5. The summed E-state index contributed by atoms with van der Waals surface area (Å²) in [6, 6.07) is -0.983. The van der Waals surface area contributed by atoms with E-state index in [1.807, 2.05) is 0 Å². The molecule has 0 saturated carbocycles. The maximum atomic E-state index is 12.5. The first kappa shape index (κ1) is 53.8. The lowest BCUT2D eigenvalue weighted by Crippen LogP contribution is -2.53. The smallest absolute Gasteiger partial charge is 0.249 e. The molecule has 0 aliphatic carbocycles. The van der Waals surface area contributed by atoms with Gasteiger partial charge in [0, 0.05) is 0 Å². The average molecular weight is 778 g/mol. The van der Waals surface area contributed by atoms with Gasteiger partial charge >= 0.3 is 0 Å². The largest absolute Gasteiger partial charge is 0.394 e. The summed E-state index contributed by atoms with van der Waals surface area (Å²) in [6.45, 7) is 4.04. The minimum absolute atomic E-state index is 0.369. The SMILES string of the molecule is CCCCCCCCCCC/C=C\C/C=C\CCCCCCCCCCCCCCC(O)C(=O)NC(CO)C(O)C(O)CCCCCCCCCCCCC. The third-order valence-corrected chi connectivity index (χ3v) is 11.4. The van der Waals surface area contributed by atoms with Gasteiger partial charge in [-0.3, -0.25) is 4.79 Å². The van der Waals surface area contributed by atoms with Crippen molar-refractivity contribution in [2.45, 2.75) is 276 Å². The third kappa shape index (κ3) is 38.1. The average Bonchev–Trinajstić information content (AvgIpc) is 3.19. The lowest BCUT2D eigenvalue weighted by atomic mass is 9.99. The van der Waals surface area contributed by atoms with Crippen LogP contribution in [0.5, 0.6) is 0 Å². The van der Waals surface area contributed by atoms with E-state index in [1.54, 1.807) is 0 Å². The van der Waals surface area contributed by atoms with E-state index in [9.17, 15) is 25.2 Å². The number of carbonyl (C=O) groups excluding carboxylic acids is 1. The Balaban J connectivity index is 3.62. The zero-order valence-corrected chi connectivity index (χ0v) is 36.7. The summed E-state index contributed by atoms with van der Waals surface area (Å²) >= 11 is 0. The van der Waals surface area contributed by atoms with Crippen molar-refractivity contribution in [2.75, 3.05) is 6.61 Å². The van der Waals surface area contributed by atoms with Gasteiger partial charge in [0.1, 0.15) is 12.2 Å². The Kier molecular flexibility index (Phi) is 42.9. The first-order valence-corrected chi connectivity index (χ1v) is 24.2. The van der Waals surface area contributed by atoms with Gasteiger partial charge in [-0.25, -0.2) is 0 Å². The predicted molar refractivity (Wildman–Crippen MR) is 237 cm³/mol. The van der Waals surface area contributed by atoms with E-state index in [2.05, 4.69) is 43.5 Å². The van der Waals surface area contributed by atoms with Crippen molar-refractivity contribution in [3.8, 4) is 0 Å². The molecule has 0 aromatic carbocycles. The molecule has 6 heteroatoms. The molecule has 0 heterocycles. The van der Waals surface area contributed by atoms with Gasteiger partial charge in [0.2, 0.25) is 5.91 Å². The highest BCUT2D eigenvalue weighted by atomic mass is 16.3. The van der Waals surface area contributed by atoms with Crippen LogP contribution in [0.4, 0.5) is 0 Å². The highest BCUT2D eigenvalue weighted by molar-refractivity contribution is 5.80. The van der Waals surface area contributed by atoms with Crippen molar-refractivity contribution in [3.63, 3.8) is 0 Å². The van der Waals surface area contributed by atoms with Crippen LogP contribution in [0.15, 0.2) is 24.3 Å². The van der Waals surface area contributed by atoms with E-state index in [1.165, 1.54) is 180 Å². The molecular weight excluding hydrogens is 683 g/mol. The number of aliphatic hydroxyl groups excluding tert-OH is 4. The van der Waals surface area contributed by atoms with Gasteiger partial charge in [-0.1, -0.05) is 231 Å². The lowest BCUT2D eigenvalue weighted by Gasteiger charge is -2.27. The van der Waals surface area contributed by atoms with Gasteiger partial charge in [-0.05, 0) is 44.9 Å². The first-order valence-electron chi connectivity index (χ1n) is 24.2. The number of hydrogen-bond donors (Lipinski definition) is 5. The van der Waals surface area contributed by atoms with Crippen LogP contribution in [0, 0.1) is 0 Å². The number of hydrogen-bond acceptors (Lipinski definition) is 5.